The van der Waals surface area contributed by atoms with Crippen LogP contribution in [0, 0.1) is 0 Å². The van der Waals surface area contributed by atoms with Crippen LogP contribution in [0.1, 0.15) is 32.1 Å². The maximum atomic E-state index is 5.93. The first-order valence-electron chi connectivity index (χ1n) is 5.98. The summed E-state index contributed by atoms with van der Waals surface area (Å²) in [4.78, 5) is 0. The van der Waals surface area contributed by atoms with Crippen LogP contribution in [-0.4, -0.2) is 33.7 Å². The fraction of sp³-hybridized carbons (Fsp3) is 1.00. The van der Waals surface area contributed by atoms with Gasteiger partial charge >= 0.3 is 0 Å². The molecule has 0 aromatic carbocycles. The summed E-state index contributed by atoms with van der Waals surface area (Å²) in [6.45, 7) is 1.00. The standard InChI is InChI=1S/C11H22O2Si/c1-12-10-14(8-3-2-4-9-14)11-6-5-7-13-11/h11H,2-10H2,1H3. The van der Waals surface area contributed by atoms with Crippen LogP contribution < -0.4 is 0 Å². The molecular formula is C11H22O2Si. The van der Waals surface area contributed by atoms with Gasteiger partial charge in [-0.25, -0.2) is 0 Å². The predicted molar refractivity (Wildman–Crippen MR) is 60.1 cm³/mol. The van der Waals surface area contributed by atoms with Crippen molar-refractivity contribution in [1.82, 2.24) is 0 Å². The zero-order valence-electron chi connectivity index (χ0n) is 9.26. The first kappa shape index (κ1) is 10.6. The second-order valence-corrected chi connectivity index (χ2v) is 9.52. The summed E-state index contributed by atoms with van der Waals surface area (Å²) in [6, 6.07) is 2.90. The van der Waals surface area contributed by atoms with Crippen molar-refractivity contribution in [3.63, 3.8) is 0 Å². The van der Waals surface area contributed by atoms with Gasteiger partial charge in [0.1, 0.15) is 8.07 Å². The summed E-state index contributed by atoms with van der Waals surface area (Å²) in [5.74, 6) is 0. The van der Waals surface area contributed by atoms with Crippen LogP contribution in [0.25, 0.3) is 0 Å². The van der Waals surface area contributed by atoms with Crippen LogP contribution >= 0.6 is 0 Å². The molecular weight excluding hydrogens is 192 g/mol. The van der Waals surface area contributed by atoms with Crippen LogP contribution in [0.2, 0.25) is 12.1 Å². The Balaban J connectivity index is 2.02. The molecule has 14 heavy (non-hydrogen) atoms. The van der Waals surface area contributed by atoms with Gasteiger partial charge in [-0.3, -0.25) is 0 Å². The third kappa shape index (κ3) is 2.04. The Morgan fingerprint density at radius 1 is 1.21 bits per heavy atom. The zero-order chi connectivity index (χ0) is 9.86. The van der Waals surface area contributed by atoms with Crippen molar-refractivity contribution < 1.29 is 9.47 Å². The average Bonchev–Trinajstić information content (AvgIpc) is 2.73. The van der Waals surface area contributed by atoms with Crippen molar-refractivity contribution in [3.05, 3.63) is 0 Å². The van der Waals surface area contributed by atoms with E-state index in [0.717, 1.165) is 12.8 Å². The van der Waals surface area contributed by atoms with Crippen molar-refractivity contribution in [2.75, 3.05) is 19.9 Å². The molecule has 0 radical (unpaired) electrons. The Morgan fingerprint density at radius 3 is 2.57 bits per heavy atom. The fourth-order valence-corrected chi connectivity index (χ4v) is 8.30. The van der Waals surface area contributed by atoms with Gasteiger partial charge < -0.3 is 9.47 Å². The quantitative estimate of drug-likeness (QED) is 0.672. The van der Waals surface area contributed by atoms with Gasteiger partial charge in [0.05, 0.1) is 5.73 Å². The molecule has 0 bridgehead atoms. The van der Waals surface area contributed by atoms with Crippen LogP contribution in [0.15, 0.2) is 0 Å². The lowest BCUT2D eigenvalue weighted by molar-refractivity contribution is 0.147. The van der Waals surface area contributed by atoms with Crippen molar-refractivity contribution in [1.29, 1.82) is 0 Å². The highest BCUT2D eigenvalue weighted by atomic mass is 28.3. The van der Waals surface area contributed by atoms with Crippen LogP contribution in [0.3, 0.4) is 0 Å². The summed E-state index contributed by atoms with van der Waals surface area (Å²) in [5, 5.41) is 0. The largest absolute Gasteiger partial charge is 0.388 e. The van der Waals surface area contributed by atoms with E-state index in [1.165, 1.54) is 44.2 Å². The predicted octanol–water partition coefficient (Wildman–Crippen LogP) is 2.52. The minimum Gasteiger partial charge on any atom is -0.388 e. The smallest absolute Gasteiger partial charge is 0.116 e. The van der Waals surface area contributed by atoms with E-state index in [2.05, 4.69) is 0 Å². The molecule has 0 aromatic rings. The van der Waals surface area contributed by atoms with E-state index in [1.54, 1.807) is 0 Å². The molecule has 2 rings (SSSR count). The minimum absolute atomic E-state index is 0.628. The molecule has 1 unspecified atom stereocenters. The third-order valence-corrected chi connectivity index (χ3v) is 9.28. The third-order valence-electron chi connectivity index (χ3n) is 3.89. The van der Waals surface area contributed by atoms with Crippen molar-refractivity contribution in [3.8, 4) is 0 Å². The number of ether oxygens (including phenoxy) is 2. The molecule has 2 fully saturated rings. The van der Waals surface area contributed by atoms with Gasteiger partial charge in [-0.05, 0) is 12.8 Å². The maximum absolute atomic E-state index is 5.93. The van der Waals surface area contributed by atoms with Crippen molar-refractivity contribution in [2.24, 2.45) is 0 Å². The lowest BCUT2D eigenvalue weighted by Gasteiger charge is -2.38. The molecule has 2 heterocycles. The number of rotatable bonds is 3. The van der Waals surface area contributed by atoms with Gasteiger partial charge in [0.25, 0.3) is 0 Å². The summed E-state index contributed by atoms with van der Waals surface area (Å²) < 4.78 is 11.4. The summed E-state index contributed by atoms with van der Waals surface area (Å²) in [5.41, 5.74) is 0.628. The Hall–Kier alpha value is 0.137. The Morgan fingerprint density at radius 2 is 2.00 bits per heavy atom. The highest BCUT2D eigenvalue weighted by molar-refractivity contribution is 6.81. The Kier molecular flexibility index (Phi) is 3.63. The van der Waals surface area contributed by atoms with Crippen molar-refractivity contribution >= 4 is 8.07 Å². The van der Waals surface area contributed by atoms with Crippen LogP contribution in [-0.2, 0) is 9.47 Å². The summed E-state index contributed by atoms with van der Waals surface area (Å²) in [7, 11) is 0.665. The highest BCUT2D eigenvalue weighted by Gasteiger charge is 2.44. The molecule has 0 aliphatic carbocycles. The lowest BCUT2D eigenvalue weighted by atomic mass is 10.3. The zero-order valence-corrected chi connectivity index (χ0v) is 10.3. The molecule has 3 heteroatoms. The van der Waals surface area contributed by atoms with Crippen LogP contribution in [0.5, 0.6) is 0 Å². The SMILES string of the molecule is COC[Si]1(C2CCCO2)CCCCC1. The molecule has 0 amide bonds. The van der Waals surface area contributed by atoms with E-state index in [4.69, 9.17) is 9.47 Å². The van der Waals surface area contributed by atoms with Gasteiger partial charge in [-0.1, -0.05) is 31.4 Å². The molecule has 2 aliphatic rings. The van der Waals surface area contributed by atoms with E-state index < -0.39 is 8.07 Å². The average molecular weight is 214 g/mol. The normalized spacial score (nSPS) is 31.9. The summed E-state index contributed by atoms with van der Waals surface area (Å²) in [6.07, 6.45) is 7.92. The molecule has 0 aromatic heterocycles. The van der Waals surface area contributed by atoms with Gasteiger partial charge in [0.15, 0.2) is 0 Å². The second kappa shape index (κ2) is 4.77. The molecule has 2 aliphatic heterocycles. The number of hydrogen-bond donors (Lipinski definition) is 0. The molecule has 0 spiro atoms. The molecule has 2 saturated heterocycles. The molecule has 2 nitrogen and oxygen atoms in total. The molecule has 0 saturated carbocycles. The maximum Gasteiger partial charge on any atom is 0.116 e. The first-order valence-corrected chi connectivity index (χ1v) is 8.68. The van der Waals surface area contributed by atoms with E-state index in [-0.39, 0.29) is 0 Å². The first-order chi connectivity index (χ1) is 6.87. The minimum atomic E-state index is -1.19. The second-order valence-electron chi connectivity index (χ2n) is 4.86. The summed E-state index contributed by atoms with van der Waals surface area (Å²) >= 11 is 0. The van der Waals surface area contributed by atoms with Crippen molar-refractivity contribution in [2.45, 2.75) is 49.9 Å². The lowest BCUT2D eigenvalue weighted by Crippen LogP contribution is -2.52. The van der Waals surface area contributed by atoms with E-state index in [9.17, 15) is 0 Å². The Labute approximate surface area is 88.0 Å². The van der Waals surface area contributed by atoms with Gasteiger partial charge in [0, 0.05) is 19.9 Å². The van der Waals surface area contributed by atoms with E-state index in [1.807, 2.05) is 7.11 Å². The monoisotopic (exact) mass is 214 g/mol. The molecule has 82 valence electrons. The molecule has 1 atom stereocenters. The van der Waals surface area contributed by atoms with Gasteiger partial charge in [-0.15, -0.1) is 0 Å². The van der Waals surface area contributed by atoms with Crippen LogP contribution in [0.4, 0.5) is 0 Å². The number of methoxy groups -OCH3 is 1. The molecule has 0 N–H and O–H groups in total. The van der Waals surface area contributed by atoms with Gasteiger partial charge in [-0.2, -0.15) is 0 Å². The fourth-order valence-electron chi connectivity index (χ4n) is 3.16. The number of hydrogen-bond acceptors (Lipinski definition) is 2. The van der Waals surface area contributed by atoms with E-state index in [0.29, 0.717) is 5.73 Å². The Bertz CT molecular complexity index is 167. The van der Waals surface area contributed by atoms with Gasteiger partial charge in [0.2, 0.25) is 0 Å². The van der Waals surface area contributed by atoms with E-state index >= 15 is 0 Å². The topological polar surface area (TPSA) is 18.5 Å². The highest BCUT2D eigenvalue weighted by Crippen LogP contribution is 2.36.